The van der Waals surface area contributed by atoms with Crippen molar-refractivity contribution in [2.45, 2.75) is 121 Å². The predicted molar refractivity (Wildman–Crippen MR) is 128 cm³/mol. The lowest BCUT2D eigenvalue weighted by Gasteiger charge is -2.61. The van der Waals surface area contributed by atoms with Gasteiger partial charge in [0.25, 0.3) is 0 Å². The first-order valence-electron chi connectivity index (χ1n) is 13.1. The van der Waals surface area contributed by atoms with E-state index in [1.165, 1.54) is 6.08 Å². The van der Waals surface area contributed by atoms with Gasteiger partial charge in [0.05, 0.1) is 35.1 Å². The van der Waals surface area contributed by atoms with Crippen molar-refractivity contribution in [3.8, 4) is 0 Å². The van der Waals surface area contributed by atoms with Crippen LogP contribution in [0.2, 0.25) is 0 Å². The molecule has 8 nitrogen and oxygen atoms in total. The normalized spacial score (nSPS) is 48.3. The highest BCUT2D eigenvalue weighted by molar-refractivity contribution is 5.95. The Morgan fingerprint density at radius 1 is 1.06 bits per heavy atom. The lowest BCUT2D eigenvalue weighted by Crippen LogP contribution is -2.66. The van der Waals surface area contributed by atoms with Crippen LogP contribution in [0.25, 0.3) is 0 Å². The van der Waals surface area contributed by atoms with E-state index in [1.807, 2.05) is 6.92 Å². The fourth-order valence-electron chi connectivity index (χ4n) is 8.35. The second-order valence-electron chi connectivity index (χ2n) is 13.2. The van der Waals surface area contributed by atoms with Crippen LogP contribution in [0.15, 0.2) is 11.6 Å². The molecule has 0 spiro atoms. The third-order valence-electron chi connectivity index (χ3n) is 10.7. The largest absolute Gasteiger partial charge is 0.390 e. The molecular formula is C27H44O8. The van der Waals surface area contributed by atoms with Crippen molar-refractivity contribution in [2.24, 2.45) is 28.6 Å². The van der Waals surface area contributed by atoms with E-state index in [2.05, 4.69) is 0 Å². The topological polar surface area (TPSA) is 159 Å². The minimum Gasteiger partial charge on any atom is -0.390 e. The summed E-state index contributed by atoms with van der Waals surface area (Å²) < 4.78 is 0. The lowest BCUT2D eigenvalue weighted by molar-refractivity contribution is -0.205. The fraction of sp³-hybridized carbons (Fsp3) is 0.889. The van der Waals surface area contributed by atoms with Gasteiger partial charge in [-0.05, 0) is 89.2 Å². The highest BCUT2D eigenvalue weighted by atomic mass is 16.4. The minimum atomic E-state index is -1.52. The minimum absolute atomic E-state index is 0.0638. The molecule has 0 aromatic rings. The maximum atomic E-state index is 13.3. The van der Waals surface area contributed by atoms with Crippen LogP contribution in [0.4, 0.5) is 0 Å². The van der Waals surface area contributed by atoms with Crippen LogP contribution in [-0.4, -0.2) is 82.7 Å². The van der Waals surface area contributed by atoms with Crippen molar-refractivity contribution in [1.29, 1.82) is 0 Å². The van der Waals surface area contributed by atoms with Crippen molar-refractivity contribution in [2.75, 3.05) is 0 Å². The number of allylic oxidation sites excluding steroid dienone is 1. The Labute approximate surface area is 207 Å². The molecule has 7 N–H and O–H groups in total. The van der Waals surface area contributed by atoms with E-state index in [1.54, 1.807) is 27.7 Å². The molecule has 0 saturated heterocycles. The molecule has 4 rings (SSSR count). The number of carbonyl (C=O) groups is 1. The van der Waals surface area contributed by atoms with Gasteiger partial charge in [0.2, 0.25) is 0 Å². The molecule has 0 heterocycles. The standard InChI is InChI=1S/C27H44O8/c1-23(2,33)9-8-20(30)26(5,34)19-7-11-27(35)15-12-17(28)16-13-18(29)21(31)22(32)25(16,4)14(15)6-10-24(19,27)3/h12,14,16,18-22,29-35H,6-11,13H2,1-5H3/t14?,16?,18?,19?,20-,21?,22?,24?,25?,26-,27-/m1/s1. The van der Waals surface area contributed by atoms with Crippen molar-refractivity contribution in [3.05, 3.63) is 11.6 Å². The smallest absolute Gasteiger partial charge is 0.159 e. The number of carbonyl (C=O) groups excluding carboxylic acids is 1. The summed E-state index contributed by atoms with van der Waals surface area (Å²) in [5.74, 6) is -1.73. The summed E-state index contributed by atoms with van der Waals surface area (Å²) in [6, 6.07) is 0. The highest BCUT2D eigenvalue weighted by Crippen LogP contribution is 2.68. The zero-order valence-electron chi connectivity index (χ0n) is 21.6. The number of aliphatic hydroxyl groups excluding tert-OH is 4. The van der Waals surface area contributed by atoms with E-state index in [9.17, 15) is 40.5 Å². The van der Waals surface area contributed by atoms with E-state index in [4.69, 9.17) is 0 Å². The molecule has 4 aliphatic carbocycles. The monoisotopic (exact) mass is 496 g/mol. The van der Waals surface area contributed by atoms with E-state index >= 15 is 0 Å². The number of aliphatic hydroxyl groups is 7. The number of fused-ring (bicyclic) bond motifs is 5. The molecule has 0 aromatic heterocycles. The van der Waals surface area contributed by atoms with Gasteiger partial charge in [0.15, 0.2) is 5.78 Å². The molecule has 0 aromatic carbocycles. The third kappa shape index (κ3) is 3.78. The van der Waals surface area contributed by atoms with Gasteiger partial charge in [0.1, 0.15) is 6.10 Å². The van der Waals surface area contributed by atoms with Gasteiger partial charge < -0.3 is 35.7 Å². The molecule has 3 fully saturated rings. The molecule has 35 heavy (non-hydrogen) atoms. The van der Waals surface area contributed by atoms with Crippen molar-refractivity contribution < 1.29 is 40.5 Å². The van der Waals surface area contributed by atoms with E-state index < -0.39 is 63.9 Å². The second-order valence-corrected chi connectivity index (χ2v) is 13.2. The Morgan fingerprint density at radius 2 is 1.69 bits per heavy atom. The molecule has 0 amide bonds. The number of rotatable bonds is 5. The quantitative estimate of drug-likeness (QED) is 0.295. The molecule has 0 bridgehead atoms. The van der Waals surface area contributed by atoms with E-state index in [0.29, 0.717) is 37.7 Å². The SMILES string of the molecule is CC(C)(O)CC[C@@H](O)[C@](C)(O)C1CC[C@@]2(O)C3=CC(=O)C4CC(O)C(O)C(O)C4(C)C3CCC12C. The molecular weight excluding hydrogens is 452 g/mol. The molecule has 200 valence electrons. The van der Waals surface area contributed by atoms with Crippen LogP contribution < -0.4 is 0 Å². The first-order valence-corrected chi connectivity index (χ1v) is 13.1. The summed E-state index contributed by atoms with van der Waals surface area (Å²) in [7, 11) is 0. The molecule has 8 unspecified atom stereocenters. The summed E-state index contributed by atoms with van der Waals surface area (Å²) in [5, 5.41) is 76.6. The van der Waals surface area contributed by atoms with Crippen LogP contribution in [-0.2, 0) is 4.79 Å². The molecule has 0 aliphatic heterocycles. The first kappa shape index (κ1) is 27.2. The summed E-state index contributed by atoms with van der Waals surface area (Å²) in [6.07, 6.45) is -1.09. The Hall–Kier alpha value is -0.870. The number of hydrogen-bond acceptors (Lipinski definition) is 8. The van der Waals surface area contributed by atoms with Crippen LogP contribution in [0.5, 0.6) is 0 Å². The van der Waals surface area contributed by atoms with E-state index in [-0.39, 0.29) is 24.5 Å². The van der Waals surface area contributed by atoms with Crippen molar-refractivity contribution >= 4 is 5.78 Å². The molecule has 11 atom stereocenters. The summed E-state index contributed by atoms with van der Waals surface area (Å²) in [4.78, 5) is 13.3. The molecule has 8 heteroatoms. The molecule has 4 aliphatic rings. The summed E-state index contributed by atoms with van der Waals surface area (Å²) >= 11 is 0. The number of hydrogen-bond donors (Lipinski definition) is 7. The lowest BCUT2D eigenvalue weighted by atomic mass is 9.45. The van der Waals surface area contributed by atoms with Gasteiger partial charge in [-0.2, -0.15) is 0 Å². The van der Waals surface area contributed by atoms with Crippen LogP contribution in [0.1, 0.15) is 79.6 Å². The zero-order chi connectivity index (χ0) is 26.4. The van der Waals surface area contributed by atoms with Crippen molar-refractivity contribution in [3.63, 3.8) is 0 Å². The van der Waals surface area contributed by atoms with Gasteiger partial charge >= 0.3 is 0 Å². The van der Waals surface area contributed by atoms with Crippen molar-refractivity contribution in [1.82, 2.24) is 0 Å². The van der Waals surface area contributed by atoms with E-state index in [0.717, 1.165) is 0 Å². The van der Waals surface area contributed by atoms with Gasteiger partial charge in [-0.1, -0.05) is 13.8 Å². The van der Waals surface area contributed by atoms with Crippen LogP contribution in [0.3, 0.4) is 0 Å². The zero-order valence-corrected chi connectivity index (χ0v) is 21.6. The molecule has 0 radical (unpaired) electrons. The van der Waals surface area contributed by atoms with Crippen LogP contribution >= 0.6 is 0 Å². The maximum Gasteiger partial charge on any atom is 0.159 e. The van der Waals surface area contributed by atoms with Gasteiger partial charge in [-0.25, -0.2) is 0 Å². The van der Waals surface area contributed by atoms with Gasteiger partial charge in [0, 0.05) is 16.7 Å². The highest BCUT2D eigenvalue weighted by Gasteiger charge is 2.70. The second kappa shape index (κ2) is 8.32. The average molecular weight is 497 g/mol. The third-order valence-corrected chi connectivity index (χ3v) is 10.7. The fourth-order valence-corrected chi connectivity index (χ4v) is 8.35. The Morgan fingerprint density at radius 3 is 2.29 bits per heavy atom. The van der Waals surface area contributed by atoms with Crippen LogP contribution in [0, 0.1) is 28.6 Å². The van der Waals surface area contributed by atoms with Gasteiger partial charge in [-0.15, -0.1) is 0 Å². The number of ketones is 1. The Bertz CT molecular complexity index is 892. The molecule has 3 saturated carbocycles. The summed E-state index contributed by atoms with van der Waals surface area (Å²) in [6.45, 7) is 8.59. The summed E-state index contributed by atoms with van der Waals surface area (Å²) in [5.41, 5.74) is -5.21. The first-order chi connectivity index (χ1) is 15.9. The Balaban J connectivity index is 1.69. The maximum absolute atomic E-state index is 13.3. The predicted octanol–water partition coefficient (Wildman–Crippen LogP) is 0.825. The Kier molecular flexibility index (Phi) is 6.46. The van der Waals surface area contributed by atoms with Gasteiger partial charge in [-0.3, -0.25) is 4.79 Å². The average Bonchev–Trinajstić information content (AvgIpc) is 3.04.